The third kappa shape index (κ3) is 3.44. The average Bonchev–Trinajstić information content (AvgIpc) is 2.77. The number of sulfone groups is 1. The molecule has 2 rings (SSSR count). The van der Waals surface area contributed by atoms with Crippen molar-refractivity contribution in [2.75, 3.05) is 25.7 Å². The van der Waals surface area contributed by atoms with Gasteiger partial charge in [0.2, 0.25) is 0 Å². The number of rotatable bonds is 3. The number of amides is 1. The molecule has 1 saturated heterocycles. The second kappa shape index (κ2) is 6.02. The summed E-state index contributed by atoms with van der Waals surface area (Å²) in [5.41, 5.74) is 0.303. The molecule has 8 heteroatoms. The Kier molecular flexibility index (Phi) is 4.70. The van der Waals surface area contributed by atoms with E-state index in [0.29, 0.717) is 17.7 Å². The Labute approximate surface area is 133 Å². The van der Waals surface area contributed by atoms with Gasteiger partial charge in [0.1, 0.15) is 0 Å². The molecule has 0 radical (unpaired) electrons. The van der Waals surface area contributed by atoms with Crippen LogP contribution < -0.4 is 4.74 Å². The van der Waals surface area contributed by atoms with Crippen LogP contribution in [0.15, 0.2) is 12.1 Å². The predicted molar refractivity (Wildman–Crippen MR) is 82.2 cm³/mol. The Morgan fingerprint density at radius 3 is 2.33 bits per heavy atom. The molecule has 1 atom stereocenters. The summed E-state index contributed by atoms with van der Waals surface area (Å²) in [6.45, 7) is 0. The number of methoxy groups -OCH3 is 1. The van der Waals surface area contributed by atoms with Crippen molar-refractivity contribution in [3.63, 3.8) is 0 Å². The number of carbonyl (C=O) groups excluding carboxylic acids is 1. The zero-order valence-electron chi connectivity index (χ0n) is 11.6. The smallest absolute Gasteiger partial charge is 0.253 e. The Morgan fingerprint density at radius 1 is 1.33 bits per heavy atom. The first-order valence-electron chi connectivity index (χ1n) is 6.26. The maximum atomic E-state index is 12.4. The number of hydrogen-bond acceptors (Lipinski definition) is 4. The molecule has 1 aliphatic rings. The fourth-order valence-electron chi connectivity index (χ4n) is 2.33. The highest BCUT2D eigenvalue weighted by atomic mass is 35.5. The topological polar surface area (TPSA) is 63.7 Å². The van der Waals surface area contributed by atoms with E-state index in [1.54, 1.807) is 7.05 Å². The van der Waals surface area contributed by atoms with Crippen molar-refractivity contribution in [2.24, 2.45) is 0 Å². The van der Waals surface area contributed by atoms with E-state index in [1.807, 2.05) is 0 Å². The predicted octanol–water partition coefficient (Wildman–Crippen LogP) is 2.26. The number of nitrogens with zero attached hydrogens (tertiary/aromatic N) is 1. The summed E-state index contributed by atoms with van der Waals surface area (Å²) in [4.78, 5) is 13.8. The molecule has 1 fully saturated rings. The van der Waals surface area contributed by atoms with Crippen LogP contribution in [0, 0.1) is 0 Å². The van der Waals surface area contributed by atoms with Gasteiger partial charge < -0.3 is 9.64 Å². The highest BCUT2D eigenvalue weighted by Crippen LogP contribution is 2.34. The number of ether oxygens (including phenoxy) is 1. The highest BCUT2D eigenvalue weighted by Gasteiger charge is 2.33. The molecular weight excluding hydrogens is 337 g/mol. The molecule has 116 valence electrons. The summed E-state index contributed by atoms with van der Waals surface area (Å²) in [5, 5.41) is 0.474. The summed E-state index contributed by atoms with van der Waals surface area (Å²) in [6.07, 6.45) is 0.447. The maximum absolute atomic E-state index is 12.4. The monoisotopic (exact) mass is 351 g/mol. The van der Waals surface area contributed by atoms with Crippen LogP contribution in [0.25, 0.3) is 0 Å². The Balaban J connectivity index is 2.24. The molecule has 0 spiro atoms. The zero-order chi connectivity index (χ0) is 15.8. The standard InChI is InChI=1S/C13H15Cl2NO4S/c1-16(9-3-4-21(18,19)7-9)13(17)8-5-10(14)12(20-2)11(15)6-8/h5-6,9H,3-4,7H2,1-2H3. The summed E-state index contributed by atoms with van der Waals surface area (Å²) < 4.78 is 28.0. The first-order chi connectivity index (χ1) is 9.75. The third-order valence-electron chi connectivity index (χ3n) is 3.53. The van der Waals surface area contributed by atoms with E-state index in [0.717, 1.165) is 0 Å². The van der Waals surface area contributed by atoms with Gasteiger partial charge >= 0.3 is 0 Å². The number of halogens is 2. The average molecular weight is 352 g/mol. The van der Waals surface area contributed by atoms with Crippen LogP contribution in [0.4, 0.5) is 0 Å². The highest BCUT2D eigenvalue weighted by molar-refractivity contribution is 7.91. The summed E-state index contributed by atoms with van der Waals surface area (Å²) in [6, 6.07) is 2.62. The van der Waals surface area contributed by atoms with Gasteiger partial charge in [0, 0.05) is 18.7 Å². The first-order valence-corrected chi connectivity index (χ1v) is 8.83. The molecule has 0 saturated carbocycles. The zero-order valence-corrected chi connectivity index (χ0v) is 13.9. The molecule has 0 aromatic heterocycles. The molecule has 1 aliphatic heterocycles. The molecule has 5 nitrogen and oxygen atoms in total. The van der Waals surface area contributed by atoms with Crippen molar-refractivity contribution >= 4 is 38.9 Å². The summed E-state index contributed by atoms with van der Waals surface area (Å²) in [5.74, 6) is 0.0938. The van der Waals surface area contributed by atoms with Gasteiger partial charge in [-0.1, -0.05) is 23.2 Å². The van der Waals surface area contributed by atoms with Crippen molar-refractivity contribution in [1.82, 2.24) is 4.90 Å². The number of benzene rings is 1. The third-order valence-corrected chi connectivity index (χ3v) is 5.84. The van der Waals surface area contributed by atoms with E-state index in [4.69, 9.17) is 27.9 Å². The fraction of sp³-hybridized carbons (Fsp3) is 0.462. The molecule has 1 aromatic rings. The second-order valence-electron chi connectivity index (χ2n) is 4.95. The minimum absolute atomic E-state index is 0.00708. The number of carbonyl (C=O) groups is 1. The van der Waals surface area contributed by atoms with Crippen molar-refractivity contribution in [2.45, 2.75) is 12.5 Å². The van der Waals surface area contributed by atoms with Gasteiger partial charge in [-0.05, 0) is 18.6 Å². The lowest BCUT2D eigenvalue weighted by atomic mass is 10.1. The van der Waals surface area contributed by atoms with Crippen LogP contribution in [0.3, 0.4) is 0 Å². The molecule has 1 unspecified atom stereocenters. The van der Waals surface area contributed by atoms with E-state index in [9.17, 15) is 13.2 Å². The van der Waals surface area contributed by atoms with E-state index >= 15 is 0 Å². The summed E-state index contributed by atoms with van der Waals surface area (Å²) >= 11 is 12.0. The largest absolute Gasteiger partial charge is 0.494 e. The lowest BCUT2D eigenvalue weighted by Gasteiger charge is -2.23. The van der Waals surface area contributed by atoms with Crippen LogP contribution >= 0.6 is 23.2 Å². The van der Waals surface area contributed by atoms with Gasteiger partial charge in [0.05, 0.1) is 28.7 Å². The molecule has 0 N–H and O–H groups in total. The minimum Gasteiger partial charge on any atom is -0.494 e. The van der Waals surface area contributed by atoms with E-state index in [2.05, 4.69) is 0 Å². The van der Waals surface area contributed by atoms with Crippen LogP contribution in [0.5, 0.6) is 5.75 Å². The Morgan fingerprint density at radius 2 is 1.90 bits per heavy atom. The molecule has 21 heavy (non-hydrogen) atoms. The van der Waals surface area contributed by atoms with E-state index in [-0.39, 0.29) is 33.5 Å². The van der Waals surface area contributed by atoms with Crippen molar-refractivity contribution in [3.8, 4) is 5.75 Å². The van der Waals surface area contributed by atoms with Gasteiger partial charge in [0.15, 0.2) is 15.6 Å². The number of hydrogen-bond donors (Lipinski definition) is 0. The van der Waals surface area contributed by atoms with Crippen LogP contribution in [0.2, 0.25) is 10.0 Å². The van der Waals surface area contributed by atoms with Crippen LogP contribution in [0.1, 0.15) is 16.8 Å². The fourth-order valence-corrected chi connectivity index (χ4v) is 4.74. The SMILES string of the molecule is COc1c(Cl)cc(C(=O)N(C)C2CCS(=O)(=O)C2)cc1Cl. The van der Waals surface area contributed by atoms with Gasteiger partial charge in [-0.3, -0.25) is 4.79 Å². The molecule has 1 amide bonds. The Bertz CT molecular complexity index is 652. The molecule has 1 heterocycles. The Hall–Kier alpha value is -0.980. The van der Waals surface area contributed by atoms with E-state index in [1.165, 1.54) is 24.1 Å². The van der Waals surface area contributed by atoms with Crippen molar-refractivity contribution < 1.29 is 17.9 Å². The van der Waals surface area contributed by atoms with Gasteiger partial charge in [-0.2, -0.15) is 0 Å². The van der Waals surface area contributed by atoms with Gasteiger partial charge in [-0.25, -0.2) is 8.42 Å². The van der Waals surface area contributed by atoms with Crippen LogP contribution in [-0.2, 0) is 9.84 Å². The maximum Gasteiger partial charge on any atom is 0.253 e. The molecular formula is C13H15Cl2NO4S. The second-order valence-corrected chi connectivity index (χ2v) is 7.99. The van der Waals surface area contributed by atoms with E-state index < -0.39 is 9.84 Å². The minimum atomic E-state index is -3.05. The van der Waals surface area contributed by atoms with Crippen molar-refractivity contribution in [3.05, 3.63) is 27.7 Å². The molecule has 1 aromatic carbocycles. The normalized spacial score (nSPS) is 20.3. The summed E-state index contributed by atoms with van der Waals surface area (Å²) in [7, 11) is -0.0314. The molecule has 0 aliphatic carbocycles. The quantitative estimate of drug-likeness (QED) is 0.837. The van der Waals surface area contributed by atoms with Crippen molar-refractivity contribution in [1.29, 1.82) is 0 Å². The lowest BCUT2D eigenvalue weighted by Crippen LogP contribution is -2.37. The lowest BCUT2D eigenvalue weighted by molar-refractivity contribution is 0.0747. The van der Waals surface area contributed by atoms with Crippen LogP contribution in [-0.4, -0.2) is 50.9 Å². The molecule has 0 bridgehead atoms. The first kappa shape index (κ1) is 16.4. The van der Waals surface area contributed by atoms with Gasteiger partial charge in [0.25, 0.3) is 5.91 Å². The van der Waals surface area contributed by atoms with Gasteiger partial charge in [-0.15, -0.1) is 0 Å².